The van der Waals surface area contributed by atoms with E-state index in [2.05, 4.69) is 20.6 Å². The summed E-state index contributed by atoms with van der Waals surface area (Å²) in [6.45, 7) is 4.12. The van der Waals surface area contributed by atoms with Gasteiger partial charge in [-0.05, 0) is 30.3 Å². The van der Waals surface area contributed by atoms with Crippen LogP contribution in [0.1, 0.15) is 10.4 Å². The van der Waals surface area contributed by atoms with Crippen molar-refractivity contribution in [1.29, 1.82) is 0 Å². The fourth-order valence-electron chi connectivity index (χ4n) is 2.82. The molecule has 26 heavy (non-hydrogen) atoms. The van der Waals surface area contributed by atoms with Gasteiger partial charge in [0.1, 0.15) is 0 Å². The van der Waals surface area contributed by atoms with Crippen molar-refractivity contribution in [2.24, 2.45) is 0 Å². The van der Waals surface area contributed by atoms with Gasteiger partial charge >= 0.3 is 0 Å². The molecule has 1 fully saturated rings. The highest BCUT2D eigenvalue weighted by Crippen LogP contribution is 2.19. The molecule has 0 radical (unpaired) electrons. The summed E-state index contributed by atoms with van der Waals surface area (Å²) in [5.41, 5.74) is 4.33. The number of aliphatic hydroxyl groups is 1. The maximum absolute atomic E-state index is 12.6. The van der Waals surface area contributed by atoms with Gasteiger partial charge in [-0.25, -0.2) is 9.99 Å². The molecular formula is C18H22ClN5O2. The zero-order valence-electron chi connectivity index (χ0n) is 14.4. The quantitative estimate of drug-likeness (QED) is 0.715. The summed E-state index contributed by atoms with van der Waals surface area (Å²) >= 11 is 5.97. The molecule has 3 rings (SSSR count). The van der Waals surface area contributed by atoms with Crippen molar-refractivity contribution in [3.63, 3.8) is 0 Å². The van der Waals surface area contributed by atoms with Gasteiger partial charge in [0, 0.05) is 49.6 Å². The Balaban J connectivity index is 1.65. The van der Waals surface area contributed by atoms with Gasteiger partial charge in [-0.1, -0.05) is 17.7 Å². The second-order valence-corrected chi connectivity index (χ2v) is 6.46. The molecule has 1 amide bonds. The number of β-amino-alcohol motifs (C(OH)–C–C–N with tert-alkyl or cyclic N) is 1. The van der Waals surface area contributed by atoms with E-state index in [0.29, 0.717) is 28.6 Å². The van der Waals surface area contributed by atoms with Gasteiger partial charge < -0.3 is 15.8 Å². The number of aliphatic hydroxyl groups excluding tert-OH is 1. The van der Waals surface area contributed by atoms with Crippen molar-refractivity contribution in [3.8, 4) is 0 Å². The molecule has 1 aliphatic rings. The van der Waals surface area contributed by atoms with E-state index >= 15 is 0 Å². The fraction of sp³-hybridized carbons (Fsp3) is 0.333. The number of amides is 1. The van der Waals surface area contributed by atoms with E-state index in [0.717, 1.165) is 26.2 Å². The minimum absolute atomic E-state index is 0.168. The van der Waals surface area contributed by atoms with Crippen LogP contribution in [0.4, 0.5) is 11.5 Å². The van der Waals surface area contributed by atoms with Crippen molar-refractivity contribution < 1.29 is 9.90 Å². The van der Waals surface area contributed by atoms with Gasteiger partial charge in [0.25, 0.3) is 5.91 Å². The Morgan fingerprint density at radius 3 is 2.73 bits per heavy atom. The third kappa shape index (κ3) is 4.92. The largest absolute Gasteiger partial charge is 0.395 e. The average molecular weight is 376 g/mol. The fourth-order valence-corrected chi connectivity index (χ4v) is 3.01. The molecule has 0 bridgehead atoms. The molecule has 8 heteroatoms. The summed E-state index contributed by atoms with van der Waals surface area (Å²) in [5.74, 6) is 0.268. The zero-order chi connectivity index (χ0) is 18.4. The smallest absolute Gasteiger partial charge is 0.259 e. The van der Waals surface area contributed by atoms with Gasteiger partial charge in [0.15, 0.2) is 5.82 Å². The molecule has 7 nitrogen and oxygen atoms in total. The lowest BCUT2D eigenvalue weighted by Gasteiger charge is -2.34. The van der Waals surface area contributed by atoms with Crippen LogP contribution in [0.3, 0.4) is 0 Å². The molecule has 2 heterocycles. The number of benzene rings is 1. The van der Waals surface area contributed by atoms with E-state index in [4.69, 9.17) is 16.7 Å². The van der Waals surface area contributed by atoms with Gasteiger partial charge in [0.2, 0.25) is 0 Å². The van der Waals surface area contributed by atoms with Gasteiger partial charge in [0.05, 0.1) is 12.2 Å². The average Bonchev–Trinajstić information content (AvgIpc) is 2.64. The van der Waals surface area contributed by atoms with Crippen LogP contribution in [-0.4, -0.2) is 65.2 Å². The Hall–Kier alpha value is -2.19. The van der Waals surface area contributed by atoms with Crippen molar-refractivity contribution in [1.82, 2.24) is 14.9 Å². The van der Waals surface area contributed by atoms with Gasteiger partial charge in [-0.15, -0.1) is 0 Å². The lowest BCUT2D eigenvalue weighted by molar-refractivity contribution is 0.102. The van der Waals surface area contributed by atoms with Crippen LogP contribution < -0.4 is 10.7 Å². The Morgan fingerprint density at radius 2 is 2.00 bits per heavy atom. The number of pyridine rings is 1. The van der Waals surface area contributed by atoms with E-state index in [1.54, 1.807) is 42.6 Å². The topological polar surface area (TPSA) is 80.7 Å². The maximum atomic E-state index is 12.6. The van der Waals surface area contributed by atoms with E-state index in [-0.39, 0.29) is 12.5 Å². The maximum Gasteiger partial charge on any atom is 0.259 e. The summed E-state index contributed by atoms with van der Waals surface area (Å²) in [4.78, 5) is 19.1. The monoisotopic (exact) mass is 375 g/mol. The van der Waals surface area contributed by atoms with E-state index < -0.39 is 0 Å². The number of piperazine rings is 1. The molecule has 0 saturated carbocycles. The highest BCUT2D eigenvalue weighted by molar-refractivity contribution is 6.31. The van der Waals surface area contributed by atoms with E-state index in [9.17, 15) is 4.79 Å². The second kappa shape index (κ2) is 8.95. The molecule has 3 N–H and O–H groups in total. The Kier molecular flexibility index (Phi) is 6.40. The van der Waals surface area contributed by atoms with Gasteiger partial charge in [-0.2, -0.15) is 0 Å². The van der Waals surface area contributed by atoms with Crippen molar-refractivity contribution in [3.05, 3.63) is 53.2 Å². The highest BCUT2D eigenvalue weighted by atomic mass is 35.5. The molecule has 1 aromatic carbocycles. The normalized spacial score (nSPS) is 15.6. The molecule has 0 atom stereocenters. The van der Waals surface area contributed by atoms with E-state index in [1.807, 2.05) is 5.01 Å². The Bertz CT molecular complexity index is 750. The zero-order valence-corrected chi connectivity index (χ0v) is 15.1. The molecular weight excluding hydrogens is 354 g/mol. The van der Waals surface area contributed by atoms with E-state index in [1.165, 1.54) is 0 Å². The number of aromatic nitrogens is 1. The summed E-state index contributed by atoms with van der Waals surface area (Å²) in [6, 6.07) is 10.5. The molecule has 1 aliphatic heterocycles. The van der Waals surface area contributed by atoms with Crippen LogP contribution >= 0.6 is 11.6 Å². The van der Waals surface area contributed by atoms with Crippen LogP contribution in [0.5, 0.6) is 0 Å². The standard InChI is InChI=1S/C18H22ClN5O2/c19-14-3-1-4-15(13-14)21-18(26)16-5-2-6-20-17(16)22-24-9-7-23(8-10-24)11-12-25/h1-6,13,25H,7-12H2,(H,20,22)(H,21,26). The number of nitrogens with one attached hydrogen (secondary N) is 2. The second-order valence-electron chi connectivity index (χ2n) is 6.03. The molecule has 0 aliphatic carbocycles. The van der Waals surface area contributed by atoms with Crippen molar-refractivity contribution >= 4 is 29.0 Å². The van der Waals surface area contributed by atoms with Crippen LogP contribution in [-0.2, 0) is 0 Å². The number of rotatable bonds is 6. The predicted octanol–water partition coefficient (Wildman–Crippen LogP) is 1.92. The van der Waals surface area contributed by atoms with Crippen LogP contribution in [0.2, 0.25) is 5.02 Å². The number of anilines is 2. The Labute approximate surface area is 157 Å². The SMILES string of the molecule is O=C(Nc1cccc(Cl)c1)c1cccnc1NN1CCN(CCO)CC1. The van der Waals surface area contributed by atoms with Crippen molar-refractivity contribution in [2.75, 3.05) is 50.1 Å². The number of hydrogen-bond donors (Lipinski definition) is 3. The first-order valence-electron chi connectivity index (χ1n) is 8.52. The number of carbonyl (C=O) groups is 1. The molecule has 0 unspecified atom stereocenters. The summed E-state index contributed by atoms with van der Waals surface area (Å²) in [7, 11) is 0. The van der Waals surface area contributed by atoms with Crippen LogP contribution in [0.25, 0.3) is 0 Å². The minimum atomic E-state index is -0.248. The number of hydrazine groups is 1. The molecule has 1 saturated heterocycles. The predicted molar refractivity (Wildman–Crippen MR) is 102 cm³/mol. The lowest BCUT2D eigenvalue weighted by atomic mass is 10.2. The van der Waals surface area contributed by atoms with Crippen LogP contribution in [0, 0.1) is 0 Å². The highest BCUT2D eigenvalue weighted by Gasteiger charge is 2.19. The molecule has 0 spiro atoms. The third-order valence-corrected chi connectivity index (χ3v) is 4.42. The lowest BCUT2D eigenvalue weighted by Crippen LogP contribution is -2.49. The Morgan fingerprint density at radius 1 is 1.19 bits per heavy atom. The summed E-state index contributed by atoms with van der Waals surface area (Å²) < 4.78 is 0. The molecule has 138 valence electrons. The summed E-state index contributed by atoms with van der Waals surface area (Å²) in [6.07, 6.45) is 1.65. The first kappa shape index (κ1) is 18.6. The summed E-state index contributed by atoms with van der Waals surface area (Å²) in [5, 5.41) is 14.5. The van der Waals surface area contributed by atoms with Gasteiger partial charge in [-0.3, -0.25) is 9.69 Å². The molecule has 2 aromatic rings. The number of nitrogens with zero attached hydrogens (tertiary/aromatic N) is 3. The minimum Gasteiger partial charge on any atom is -0.395 e. The third-order valence-electron chi connectivity index (χ3n) is 4.19. The van der Waals surface area contributed by atoms with Crippen LogP contribution in [0.15, 0.2) is 42.6 Å². The number of hydrogen-bond acceptors (Lipinski definition) is 6. The first-order valence-corrected chi connectivity index (χ1v) is 8.90. The molecule has 1 aromatic heterocycles. The number of carbonyl (C=O) groups excluding carboxylic acids is 1. The van der Waals surface area contributed by atoms with Crippen molar-refractivity contribution in [2.45, 2.75) is 0 Å². The number of halogens is 1. The first-order chi connectivity index (χ1) is 12.7.